The lowest BCUT2D eigenvalue weighted by molar-refractivity contribution is -0.115. The largest absolute Gasteiger partial charge is 0.497 e. The van der Waals surface area contributed by atoms with E-state index in [1.54, 1.807) is 7.11 Å². The number of nitrogens with zero attached hydrogens (tertiary/aromatic N) is 2. The van der Waals surface area contributed by atoms with Gasteiger partial charge < -0.3 is 10.1 Å². The number of ether oxygens (including phenoxy) is 1. The summed E-state index contributed by atoms with van der Waals surface area (Å²) in [5, 5.41) is 5.60. The van der Waals surface area contributed by atoms with Crippen molar-refractivity contribution in [3.63, 3.8) is 0 Å². The van der Waals surface area contributed by atoms with Gasteiger partial charge in [-0.05, 0) is 35.2 Å². The van der Waals surface area contributed by atoms with Gasteiger partial charge in [0.15, 0.2) is 5.13 Å². The zero-order chi connectivity index (χ0) is 19.3. The molecule has 1 N–H and O–H groups in total. The van der Waals surface area contributed by atoms with Gasteiger partial charge in [0.05, 0.1) is 19.2 Å². The van der Waals surface area contributed by atoms with Crippen LogP contribution in [0.5, 0.6) is 5.75 Å². The van der Waals surface area contributed by atoms with Gasteiger partial charge in [0, 0.05) is 25.0 Å². The second-order valence-electron chi connectivity index (χ2n) is 6.95. The molecule has 1 amide bonds. The van der Waals surface area contributed by atoms with Gasteiger partial charge in [-0.3, -0.25) is 9.69 Å². The molecule has 6 heteroatoms. The number of aromatic nitrogens is 1. The number of nitrogens with one attached hydrogen (secondary N) is 1. The van der Waals surface area contributed by atoms with Crippen LogP contribution in [0.4, 0.5) is 5.13 Å². The number of hydrogen-bond donors (Lipinski definition) is 1. The van der Waals surface area contributed by atoms with Crippen molar-refractivity contribution >= 4 is 22.4 Å². The van der Waals surface area contributed by atoms with Crippen molar-refractivity contribution in [1.82, 2.24) is 9.88 Å². The summed E-state index contributed by atoms with van der Waals surface area (Å²) in [6.45, 7) is 2.79. The predicted octanol–water partition coefficient (Wildman–Crippen LogP) is 3.89. The van der Waals surface area contributed by atoms with Crippen molar-refractivity contribution in [3.05, 3.63) is 76.3 Å². The van der Waals surface area contributed by atoms with E-state index in [1.807, 2.05) is 29.6 Å². The van der Waals surface area contributed by atoms with Crippen molar-refractivity contribution in [1.29, 1.82) is 0 Å². The molecule has 1 aliphatic rings. The Kier molecular flexibility index (Phi) is 5.69. The number of amides is 1. The quantitative estimate of drug-likeness (QED) is 0.690. The maximum Gasteiger partial charge on any atom is 0.230 e. The lowest BCUT2D eigenvalue weighted by Gasteiger charge is -2.27. The van der Waals surface area contributed by atoms with Crippen LogP contribution in [0.25, 0.3) is 0 Å². The van der Waals surface area contributed by atoms with Crippen molar-refractivity contribution < 1.29 is 9.53 Å². The first-order chi connectivity index (χ1) is 13.7. The third-order valence-electron chi connectivity index (χ3n) is 4.92. The van der Waals surface area contributed by atoms with E-state index in [2.05, 4.69) is 39.5 Å². The number of carbonyl (C=O) groups excluding carboxylic acids is 1. The summed E-state index contributed by atoms with van der Waals surface area (Å²) in [6, 6.07) is 16.2. The Hall–Kier alpha value is -2.70. The summed E-state index contributed by atoms with van der Waals surface area (Å²) in [4.78, 5) is 19.3. The Morgan fingerprint density at radius 1 is 1.18 bits per heavy atom. The van der Waals surface area contributed by atoms with E-state index in [9.17, 15) is 4.79 Å². The van der Waals surface area contributed by atoms with Crippen molar-refractivity contribution in [2.45, 2.75) is 25.9 Å². The standard InChI is InChI=1S/C22H23N3O2S/c1-27-20-8-6-16(7-9-20)12-21(26)24-22-23-19(15-28-22)14-25-11-10-17-4-2-3-5-18(17)13-25/h2-9,15H,10-14H2,1H3,(H,23,24,26). The second-order valence-corrected chi connectivity index (χ2v) is 7.80. The molecule has 0 aliphatic carbocycles. The van der Waals surface area contributed by atoms with Gasteiger partial charge in [-0.25, -0.2) is 4.98 Å². The fraction of sp³-hybridized carbons (Fsp3) is 0.273. The molecular weight excluding hydrogens is 370 g/mol. The van der Waals surface area contributed by atoms with Crippen molar-refractivity contribution in [2.75, 3.05) is 19.0 Å². The Bertz CT molecular complexity index is 952. The van der Waals surface area contributed by atoms with E-state index in [0.29, 0.717) is 11.6 Å². The smallest absolute Gasteiger partial charge is 0.230 e. The van der Waals surface area contributed by atoms with Gasteiger partial charge in [0.2, 0.25) is 5.91 Å². The summed E-state index contributed by atoms with van der Waals surface area (Å²) in [7, 11) is 1.63. The predicted molar refractivity (Wildman–Crippen MR) is 112 cm³/mol. The zero-order valence-corrected chi connectivity index (χ0v) is 16.7. The highest BCUT2D eigenvalue weighted by Crippen LogP contribution is 2.22. The minimum Gasteiger partial charge on any atom is -0.497 e. The van der Waals surface area contributed by atoms with Crippen LogP contribution in [0.2, 0.25) is 0 Å². The van der Waals surface area contributed by atoms with Crippen LogP contribution in [0.1, 0.15) is 22.4 Å². The molecule has 0 unspecified atom stereocenters. The molecule has 0 bridgehead atoms. The molecule has 0 saturated carbocycles. The molecule has 0 radical (unpaired) electrons. The van der Waals surface area contributed by atoms with Crippen LogP contribution in [-0.2, 0) is 30.7 Å². The molecule has 144 valence electrons. The Morgan fingerprint density at radius 2 is 1.96 bits per heavy atom. The lowest BCUT2D eigenvalue weighted by Crippen LogP contribution is -2.30. The van der Waals surface area contributed by atoms with Crippen LogP contribution in [0, 0.1) is 0 Å². The van der Waals surface area contributed by atoms with Gasteiger partial charge in [0.1, 0.15) is 5.75 Å². The van der Waals surface area contributed by atoms with E-state index >= 15 is 0 Å². The van der Waals surface area contributed by atoms with E-state index in [1.165, 1.54) is 22.5 Å². The average Bonchev–Trinajstić information content (AvgIpc) is 3.15. The highest BCUT2D eigenvalue weighted by atomic mass is 32.1. The van der Waals surface area contributed by atoms with Crippen LogP contribution < -0.4 is 10.1 Å². The number of hydrogen-bond acceptors (Lipinski definition) is 5. The van der Waals surface area contributed by atoms with Gasteiger partial charge in [-0.1, -0.05) is 36.4 Å². The summed E-state index contributed by atoms with van der Waals surface area (Å²) in [5.41, 5.74) is 4.80. The summed E-state index contributed by atoms with van der Waals surface area (Å²) < 4.78 is 5.14. The second kappa shape index (κ2) is 8.54. The van der Waals surface area contributed by atoms with Gasteiger partial charge in [0.25, 0.3) is 0 Å². The maximum absolute atomic E-state index is 12.3. The van der Waals surface area contributed by atoms with Gasteiger partial charge >= 0.3 is 0 Å². The molecule has 0 spiro atoms. The molecule has 1 aliphatic heterocycles. The van der Waals surface area contributed by atoms with Gasteiger partial charge in [-0.2, -0.15) is 0 Å². The molecule has 3 aromatic rings. The molecule has 2 heterocycles. The summed E-state index contributed by atoms with van der Waals surface area (Å²) in [5.74, 6) is 0.729. The fourth-order valence-corrected chi connectivity index (χ4v) is 4.17. The summed E-state index contributed by atoms with van der Waals surface area (Å²) in [6.07, 6.45) is 1.40. The van der Waals surface area contributed by atoms with E-state index in [0.717, 1.165) is 43.1 Å². The topological polar surface area (TPSA) is 54.5 Å². The van der Waals surface area contributed by atoms with E-state index in [-0.39, 0.29) is 5.91 Å². The number of fused-ring (bicyclic) bond motifs is 1. The molecule has 0 fully saturated rings. The highest BCUT2D eigenvalue weighted by Gasteiger charge is 2.17. The third-order valence-corrected chi connectivity index (χ3v) is 5.72. The van der Waals surface area contributed by atoms with Crippen LogP contribution in [0.15, 0.2) is 53.9 Å². The molecule has 0 atom stereocenters. The summed E-state index contributed by atoms with van der Waals surface area (Å²) >= 11 is 1.48. The van der Waals surface area contributed by atoms with Gasteiger partial charge in [-0.15, -0.1) is 11.3 Å². The molecule has 0 saturated heterocycles. The first-order valence-electron chi connectivity index (χ1n) is 9.36. The molecule has 4 rings (SSSR count). The number of carbonyl (C=O) groups is 1. The van der Waals surface area contributed by atoms with Crippen LogP contribution >= 0.6 is 11.3 Å². The molecule has 1 aromatic heterocycles. The zero-order valence-electron chi connectivity index (χ0n) is 15.9. The monoisotopic (exact) mass is 393 g/mol. The number of benzene rings is 2. The number of rotatable bonds is 6. The molecule has 28 heavy (non-hydrogen) atoms. The highest BCUT2D eigenvalue weighted by molar-refractivity contribution is 7.13. The normalized spacial score (nSPS) is 13.8. The number of thiazole rings is 1. The molecule has 5 nitrogen and oxygen atoms in total. The Morgan fingerprint density at radius 3 is 2.75 bits per heavy atom. The number of methoxy groups -OCH3 is 1. The van der Waals surface area contributed by atoms with Crippen molar-refractivity contribution in [2.24, 2.45) is 0 Å². The minimum absolute atomic E-state index is 0.0574. The first kappa shape index (κ1) is 18.7. The number of anilines is 1. The van der Waals surface area contributed by atoms with Crippen LogP contribution in [-0.4, -0.2) is 29.4 Å². The SMILES string of the molecule is COc1ccc(CC(=O)Nc2nc(CN3CCc4ccccc4C3)cs2)cc1. The molecular formula is C22H23N3O2S. The van der Waals surface area contributed by atoms with E-state index in [4.69, 9.17) is 4.74 Å². The van der Waals surface area contributed by atoms with Crippen molar-refractivity contribution in [3.8, 4) is 5.75 Å². The average molecular weight is 394 g/mol. The van der Waals surface area contributed by atoms with Crippen LogP contribution in [0.3, 0.4) is 0 Å². The first-order valence-corrected chi connectivity index (χ1v) is 10.2. The molecule has 2 aromatic carbocycles. The third kappa shape index (κ3) is 4.58. The minimum atomic E-state index is -0.0574. The Balaban J connectivity index is 1.31. The lowest BCUT2D eigenvalue weighted by atomic mass is 10.00. The Labute approximate surface area is 169 Å². The van der Waals surface area contributed by atoms with E-state index < -0.39 is 0 Å². The maximum atomic E-state index is 12.3. The fourth-order valence-electron chi connectivity index (χ4n) is 3.45.